The molecule has 0 bridgehead atoms. The molecule has 1 aromatic carbocycles. The molecule has 2 aromatic heterocycles. The Morgan fingerprint density at radius 1 is 1.28 bits per heavy atom. The van der Waals surface area contributed by atoms with E-state index in [2.05, 4.69) is 41.9 Å². The number of halogens is 1. The number of nitrogen functional groups attached to an aromatic ring is 1. The summed E-state index contributed by atoms with van der Waals surface area (Å²) in [5.74, 6) is 1.08. The summed E-state index contributed by atoms with van der Waals surface area (Å²) in [6.07, 6.45) is 3.32. The number of rotatable bonds is 10. The van der Waals surface area contributed by atoms with Crippen molar-refractivity contribution in [2.24, 2.45) is 0 Å². The maximum absolute atomic E-state index is 11.7. The Hall–Kier alpha value is -1.75. The summed E-state index contributed by atoms with van der Waals surface area (Å²) in [7, 11) is -2.01. The van der Waals surface area contributed by atoms with E-state index in [0.717, 1.165) is 58.0 Å². The van der Waals surface area contributed by atoms with Gasteiger partial charge >= 0.3 is 0 Å². The molecule has 29 heavy (non-hydrogen) atoms. The molecule has 0 fully saturated rings. The minimum Gasteiger partial charge on any atom is -0.382 e. The summed E-state index contributed by atoms with van der Waals surface area (Å²) in [5, 5.41) is 1.01. The summed E-state index contributed by atoms with van der Waals surface area (Å²) in [6, 6.07) is 5.97. The Kier molecular flexibility index (Phi) is 7.10. The van der Waals surface area contributed by atoms with Gasteiger partial charge in [-0.25, -0.2) is 23.1 Å². The lowest BCUT2D eigenvalue weighted by Gasteiger charge is -2.11. The predicted molar refractivity (Wildman–Crippen MR) is 119 cm³/mol. The van der Waals surface area contributed by atoms with Gasteiger partial charge in [-0.1, -0.05) is 22.9 Å². The number of methoxy groups -OCH3 is 1. The standard InChI is InChI=1S/C19H26BrN5O3S/c1-3-6-16-24-17-18(14-8-7-13(20)11-15(14)23-19(17)21)25(16)10-5-4-9-22-29(26,27)12-28-2/h7-8,11,22H,3-6,9-10,12H2,1-2H3,(H2,21,23). The van der Waals surface area contributed by atoms with Crippen molar-refractivity contribution in [3.63, 3.8) is 0 Å². The highest BCUT2D eigenvalue weighted by Crippen LogP contribution is 2.31. The Labute approximate surface area is 179 Å². The molecule has 0 aliphatic carbocycles. The first-order valence-corrected chi connectivity index (χ1v) is 12.0. The van der Waals surface area contributed by atoms with Crippen LogP contribution >= 0.6 is 15.9 Å². The molecule has 0 amide bonds. The van der Waals surface area contributed by atoms with Crippen molar-refractivity contribution in [1.29, 1.82) is 0 Å². The molecule has 0 atom stereocenters. The van der Waals surface area contributed by atoms with E-state index in [1.54, 1.807) is 0 Å². The largest absolute Gasteiger partial charge is 0.382 e. The van der Waals surface area contributed by atoms with Crippen molar-refractivity contribution in [3.05, 3.63) is 28.5 Å². The zero-order chi connectivity index (χ0) is 21.0. The van der Waals surface area contributed by atoms with Crippen LogP contribution in [0.3, 0.4) is 0 Å². The molecule has 0 spiro atoms. The first kappa shape index (κ1) is 21.9. The van der Waals surface area contributed by atoms with Crippen LogP contribution in [0.5, 0.6) is 0 Å². The number of hydrogen-bond donors (Lipinski definition) is 2. The third-order valence-corrected chi connectivity index (χ3v) is 6.31. The highest BCUT2D eigenvalue weighted by Gasteiger charge is 2.17. The predicted octanol–water partition coefficient (Wildman–Crippen LogP) is 3.19. The quantitative estimate of drug-likeness (QED) is 0.428. The number of unbranched alkanes of at least 4 members (excludes halogenated alkanes) is 1. The van der Waals surface area contributed by atoms with Crippen LogP contribution in [-0.2, 0) is 27.7 Å². The Morgan fingerprint density at radius 2 is 2.07 bits per heavy atom. The molecule has 10 heteroatoms. The SMILES string of the molecule is CCCc1nc2c(N)nc3cc(Br)ccc3c2n1CCCCNS(=O)(=O)COC. The fourth-order valence-corrected chi connectivity index (χ4v) is 4.60. The number of pyridine rings is 1. The molecule has 0 saturated carbocycles. The third kappa shape index (κ3) is 5.06. The summed E-state index contributed by atoms with van der Waals surface area (Å²) in [5.41, 5.74) is 8.75. The van der Waals surface area contributed by atoms with Crippen LogP contribution in [0, 0.1) is 0 Å². The van der Waals surface area contributed by atoms with Crippen LogP contribution in [0.1, 0.15) is 32.0 Å². The fraction of sp³-hybridized carbons (Fsp3) is 0.474. The van der Waals surface area contributed by atoms with E-state index < -0.39 is 10.0 Å². The minimum absolute atomic E-state index is 0.326. The molecule has 8 nitrogen and oxygen atoms in total. The zero-order valence-corrected chi connectivity index (χ0v) is 19.0. The Balaban J connectivity index is 1.87. The summed E-state index contributed by atoms with van der Waals surface area (Å²) < 4.78 is 33.7. The van der Waals surface area contributed by atoms with Crippen molar-refractivity contribution >= 4 is 53.7 Å². The minimum atomic E-state index is -3.38. The number of aryl methyl sites for hydroxylation is 2. The first-order valence-electron chi connectivity index (χ1n) is 9.56. The fourth-order valence-electron chi connectivity index (χ4n) is 3.41. The maximum Gasteiger partial charge on any atom is 0.235 e. The average Bonchev–Trinajstić information content (AvgIpc) is 3.01. The van der Waals surface area contributed by atoms with Gasteiger partial charge in [0.2, 0.25) is 10.0 Å². The molecule has 0 radical (unpaired) electrons. The van der Waals surface area contributed by atoms with Gasteiger partial charge in [0.25, 0.3) is 0 Å². The second-order valence-corrected chi connectivity index (χ2v) is 9.58. The molecule has 3 aromatic rings. The van der Waals surface area contributed by atoms with Crippen LogP contribution in [0.2, 0.25) is 0 Å². The highest BCUT2D eigenvalue weighted by atomic mass is 79.9. The Morgan fingerprint density at radius 3 is 2.79 bits per heavy atom. The van der Waals surface area contributed by atoms with Gasteiger partial charge in [-0.05, 0) is 37.5 Å². The van der Waals surface area contributed by atoms with Gasteiger partial charge in [0, 0.05) is 36.5 Å². The van der Waals surface area contributed by atoms with Crippen molar-refractivity contribution in [1.82, 2.24) is 19.3 Å². The molecule has 3 rings (SSSR count). The number of ether oxygens (including phenoxy) is 1. The smallest absolute Gasteiger partial charge is 0.235 e. The molecule has 158 valence electrons. The number of sulfonamides is 1. The topological polar surface area (TPSA) is 112 Å². The second kappa shape index (κ2) is 9.38. The van der Waals surface area contributed by atoms with Crippen LogP contribution in [0.15, 0.2) is 22.7 Å². The number of nitrogens with two attached hydrogens (primary N) is 1. The number of anilines is 1. The Bertz CT molecular complexity index is 1110. The number of fused-ring (bicyclic) bond motifs is 3. The van der Waals surface area contributed by atoms with Crippen LogP contribution < -0.4 is 10.5 Å². The normalized spacial score (nSPS) is 12.2. The lowest BCUT2D eigenvalue weighted by Crippen LogP contribution is -2.28. The van der Waals surface area contributed by atoms with Crippen molar-refractivity contribution in [2.45, 2.75) is 39.2 Å². The van der Waals surface area contributed by atoms with Gasteiger partial charge in [-0.3, -0.25) is 0 Å². The van der Waals surface area contributed by atoms with Gasteiger partial charge in [-0.15, -0.1) is 0 Å². The number of imidazole rings is 1. The third-order valence-electron chi connectivity index (χ3n) is 4.62. The highest BCUT2D eigenvalue weighted by molar-refractivity contribution is 9.10. The first-order chi connectivity index (χ1) is 13.9. The van der Waals surface area contributed by atoms with Gasteiger partial charge < -0.3 is 15.0 Å². The summed E-state index contributed by atoms with van der Waals surface area (Å²) in [6.45, 7) is 3.22. The van der Waals surface area contributed by atoms with Crippen LogP contribution in [0.4, 0.5) is 5.82 Å². The molecule has 3 N–H and O–H groups in total. The lowest BCUT2D eigenvalue weighted by molar-refractivity contribution is 0.248. The number of nitrogens with one attached hydrogen (secondary N) is 1. The van der Waals surface area contributed by atoms with E-state index in [4.69, 9.17) is 10.7 Å². The molecule has 0 aliphatic heterocycles. The monoisotopic (exact) mass is 483 g/mol. The molecule has 0 saturated heterocycles. The van der Waals surface area contributed by atoms with Crippen LogP contribution in [-0.4, -0.2) is 42.5 Å². The number of aromatic nitrogens is 3. The molecular formula is C19H26BrN5O3S. The van der Waals surface area contributed by atoms with Gasteiger partial charge in [0.1, 0.15) is 11.3 Å². The maximum atomic E-state index is 11.7. The van der Waals surface area contributed by atoms with Gasteiger partial charge in [-0.2, -0.15) is 0 Å². The van der Waals surface area contributed by atoms with E-state index in [1.807, 2.05) is 18.2 Å². The lowest BCUT2D eigenvalue weighted by atomic mass is 10.2. The van der Waals surface area contributed by atoms with Crippen molar-refractivity contribution in [3.8, 4) is 0 Å². The van der Waals surface area contributed by atoms with Crippen molar-refractivity contribution in [2.75, 3.05) is 25.3 Å². The summed E-state index contributed by atoms with van der Waals surface area (Å²) in [4.78, 5) is 9.29. The van der Waals surface area contributed by atoms with Crippen LogP contribution in [0.25, 0.3) is 21.9 Å². The number of nitrogens with zero attached hydrogens (tertiary/aromatic N) is 3. The van der Waals surface area contributed by atoms with E-state index in [9.17, 15) is 8.42 Å². The number of hydrogen-bond acceptors (Lipinski definition) is 6. The second-order valence-electron chi connectivity index (χ2n) is 6.91. The average molecular weight is 484 g/mol. The summed E-state index contributed by atoms with van der Waals surface area (Å²) >= 11 is 3.49. The van der Waals surface area contributed by atoms with E-state index in [1.165, 1.54) is 7.11 Å². The zero-order valence-electron chi connectivity index (χ0n) is 16.6. The molecule has 0 unspecified atom stereocenters. The van der Waals surface area contributed by atoms with E-state index >= 15 is 0 Å². The molecular weight excluding hydrogens is 458 g/mol. The van der Waals surface area contributed by atoms with E-state index in [0.29, 0.717) is 18.8 Å². The molecule has 0 aliphatic rings. The van der Waals surface area contributed by atoms with Gasteiger partial charge in [0.05, 0.1) is 11.0 Å². The number of benzene rings is 1. The van der Waals surface area contributed by atoms with E-state index in [-0.39, 0.29) is 5.94 Å². The van der Waals surface area contributed by atoms with Gasteiger partial charge in [0.15, 0.2) is 11.8 Å². The molecule has 2 heterocycles. The van der Waals surface area contributed by atoms with Crippen molar-refractivity contribution < 1.29 is 13.2 Å².